The molecule has 0 aliphatic carbocycles. The van der Waals surface area contributed by atoms with Gasteiger partial charge in [-0.15, -0.1) is 22.7 Å². The zero-order valence-corrected chi connectivity index (χ0v) is 22.7. The number of fused-ring (bicyclic) bond motifs is 6. The highest BCUT2D eigenvalue weighted by Gasteiger charge is 2.15. The molecular formula is C36H23NS2. The van der Waals surface area contributed by atoms with Gasteiger partial charge in [-0.1, -0.05) is 97.1 Å². The van der Waals surface area contributed by atoms with Crippen LogP contribution in [0.3, 0.4) is 0 Å². The fraction of sp³-hybridized carbons (Fsp3) is 0. The average molecular weight is 534 g/mol. The number of thiophene rings is 2. The maximum atomic E-state index is 3.78. The topological polar surface area (TPSA) is 12.0 Å². The van der Waals surface area contributed by atoms with Crippen LogP contribution in [0.15, 0.2) is 133 Å². The van der Waals surface area contributed by atoms with E-state index < -0.39 is 0 Å². The minimum absolute atomic E-state index is 1.09. The summed E-state index contributed by atoms with van der Waals surface area (Å²) in [6, 6.07) is 48.2. The van der Waals surface area contributed by atoms with Gasteiger partial charge in [-0.3, -0.25) is 0 Å². The standard InChI is InChI=1S/C36H23NS2/c1-2-10-23(11-3-1)30-22-24(37-31-16-9-19-34-35(31)29-13-5-7-18-33(29)38-34)20-21-25(30)27-14-8-15-28-26-12-4-6-17-32(26)39-36(27)28/h1-22,37H. The minimum atomic E-state index is 1.09. The van der Waals surface area contributed by atoms with Gasteiger partial charge in [0.05, 0.1) is 0 Å². The number of benzene rings is 6. The largest absolute Gasteiger partial charge is 0.355 e. The van der Waals surface area contributed by atoms with Crippen LogP contribution in [0.5, 0.6) is 0 Å². The summed E-state index contributed by atoms with van der Waals surface area (Å²) in [5.41, 5.74) is 7.21. The third kappa shape index (κ3) is 3.74. The zero-order valence-electron chi connectivity index (χ0n) is 21.0. The minimum Gasteiger partial charge on any atom is -0.355 e. The molecule has 2 aromatic heterocycles. The number of anilines is 2. The summed E-state index contributed by atoms with van der Waals surface area (Å²) in [5, 5.41) is 9.03. The number of rotatable bonds is 4. The Balaban J connectivity index is 1.31. The Labute approximate surface area is 234 Å². The van der Waals surface area contributed by atoms with E-state index in [9.17, 15) is 0 Å². The van der Waals surface area contributed by atoms with Crippen molar-refractivity contribution in [3.63, 3.8) is 0 Å². The molecular weight excluding hydrogens is 511 g/mol. The van der Waals surface area contributed by atoms with Crippen molar-refractivity contribution in [2.45, 2.75) is 0 Å². The van der Waals surface area contributed by atoms with E-state index in [0.717, 1.165) is 11.4 Å². The summed E-state index contributed by atoms with van der Waals surface area (Å²) < 4.78 is 5.29. The maximum absolute atomic E-state index is 3.78. The van der Waals surface area contributed by atoms with Gasteiger partial charge in [-0.05, 0) is 53.1 Å². The third-order valence-corrected chi connectivity index (χ3v) is 9.84. The summed E-state index contributed by atoms with van der Waals surface area (Å²) >= 11 is 3.73. The van der Waals surface area contributed by atoms with Gasteiger partial charge in [-0.2, -0.15) is 0 Å². The Morgan fingerprint density at radius 3 is 2.00 bits per heavy atom. The van der Waals surface area contributed by atoms with Crippen molar-refractivity contribution in [2.24, 2.45) is 0 Å². The Kier molecular flexibility index (Phi) is 5.25. The second-order valence-corrected chi connectivity index (χ2v) is 11.9. The molecule has 0 fully saturated rings. The van der Waals surface area contributed by atoms with Crippen molar-refractivity contribution < 1.29 is 0 Å². The van der Waals surface area contributed by atoms with E-state index in [1.165, 1.54) is 62.6 Å². The van der Waals surface area contributed by atoms with Gasteiger partial charge in [0.15, 0.2) is 0 Å². The van der Waals surface area contributed by atoms with Crippen molar-refractivity contribution in [3.8, 4) is 22.3 Å². The molecule has 0 saturated heterocycles. The first kappa shape index (κ1) is 22.5. The zero-order chi connectivity index (χ0) is 25.8. The lowest BCUT2D eigenvalue weighted by molar-refractivity contribution is 1.56. The van der Waals surface area contributed by atoms with Gasteiger partial charge in [-0.25, -0.2) is 0 Å². The van der Waals surface area contributed by atoms with Gasteiger partial charge in [0, 0.05) is 57.3 Å². The Morgan fingerprint density at radius 1 is 0.436 bits per heavy atom. The molecule has 0 amide bonds. The molecule has 184 valence electrons. The van der Waals surface area contributed by atoms with Gasteiger partial charge < -0.3 is 5.32 Å². The predicted molar refractivity (Wildman–Crippen MR) is 173 cm³/mol. The normalized spacial score (nSPS) is 11.6. The first-order valence-corrected chi connectivity index (χ1v) is 14.7. The summed E-state index contributed by atoms with van der Waals surface area (Å²) in [6.07, 6.45) is 0. The third-order valence-electron chi connectivity index (χ3n) is 7.48. The van der Waals surface area contributed by atoms with Crippen LogP contribution < -0.4 is 5.32 Å². The maximum Gasteiger partial charge on any atom is 0.0478 e. The molecule has 1 N–H and O–H groups in total. The lowest BCUT2D eigenvalue weighted by Crippen LogP contribution is -1.93. The van der Waals surface area contributed by atoms with E-state index in [1.54, 1.807) is 0 Å². The quantitative estimate of drug-likeness (QED) is 0.237. The molecule has 0 aliphatic rings. The summed E-state index contributed by atoms with van der Waals surface area (Å²) in [4.78, 5) is 0. The van der Waals surface area contributed by atoms with Crippen molar-refractivity contribution in [2.75, 3.05) is 5.32 Å². The average Bonchev–Trinajstić information content (AvgIpc) is 3.57. The smallest absolute Gasteiger partial charge is 0.0478 e. The molecule has 1 nitrogen and oxygen atoms in total. The fourth-order valence-electron chi connectivity index (χ4n) is 5.71. The van der Waals surface area contributed by atoms with Crippen LogP contribution in [0, 0.1) is 0 Å². The first-order valence-electron chi connectivity index (χ1n) is 13.1. The molecule has 2 heterocycles. The van der Waals surface area contributed by atoms with E-state index in [4.69, 9.17) is 0 Å². The lowest BCUT2D eigenvalue weighted by Gasteiger charge is -2.15. The predicted octanol–water partition coefficient (Wildman–Crippen LogP) is 11.5. The van der Waals surface area contributed by atoms with E-state index in [1.807, 2.05) is 22.7 Å². The first-order chi connectivity index (χ1) is 19.3. The summed E-state index contributed by atoms with van der Waals surface area (Å²) in [6.45, 7) is 0. The van der Waals surface area contributed by atoms with Crippen LogP contribution in [0.25, 0.3) is 62.6 Å². The highest BCUT2D eigenvalue weighted by molar-refractivity contribution is 7.26. The Hall–Kier alpha value is -4.44. The molecule has 0 aliphatic heterocycles. The lowest BCUT2D eigenvalue weighted by atomic mass is 9.93. The van der Waals surface area contributed by atoms with Gasteiger partial charge in [0.1, 0.15) is 0 Å². The molecule has 0 spiro atoms. The number of nitrogens with one attached hydrogen (secondary N) is 1. The van der Waals surface area contributed by atoms with E-state index in [2.05, 4.69) is 139 Å². The number of hydrogen-bond donors (Lipinski definition) is 1. The van der Waals surface area contributed by atoms with Crippen molar-refractivity contribution in [1.29, 1.82) is 0 Å². The van der Waals surface area contributed by atoms with Crippen molar-refractivity contribution >= 4 is 74.4 Å². The molecule has 8 rings (SSSR count). The van der Waals surface area contributed by atoms with E-state index >= 15 is 0 Å². The highest BCUT2D eigenvalue weighted by atomic mass is 32.1. The number of hydrogen-bond acceptors (Lipinski definition) is 3. The summed E-state index contributed by atoms with van der Waals surface area (Å²) in [7, 11) is 0. The molecule has 6 aromatic carbocycles. The molecule has 0 unspecified atom stereocenters. The molecule has 0 bridgehead atoms. The van der Waals surface area contributed by atoms with Crippen LogP contribution in [0.1, 0.15) is 0 Å². The van der Waals surface area contributed by atoms with E-state index in [0.29, 0.717) is 0 Å². The molecule has 0 atom stereocenters. The second-order valence-electron chi connectivity index (χ2n) is 9.81. The molecule has 0 radical (unpaired) electrons. The monoisotopic (exact) mass is 533 g/mol. The molecule has 8 aromatic rings. The molecule has 3 heteroatoms. The van der Waals surface area contributed by atoms with Crippen LogP contribution in [0.2, 0.25) is 0 Å². The summed E-state index contributed by atoms with van der Waals surface area (Å²) in [5.74, 6) is 0. The van der Waals surface area contributed by atoms with Crippen LogP contribution in [-0.2, 0) is 0 Å². The Bertz CT molecular complexity index is 2150. The van der Waals surface area contributed by atoms with Crippen LogP contribution in [-0.4, -0.2) is 0 Å². The van der Waals surface area contributed by atoms with Gasteiger partial charge in [0.2, 0.25) is 0 Å². The molecule has 39 heavy (non-hydrogen) atoms. The van der Waals surface area contributed by atoms with E-state index in [-0.39, 0.29) is 0 Å². The highest BCUT2D eigenvalue weighted by Crippen LogP contribution is 2.44. The van der Waals surface area contributed by atoms with Gasteiger partial charge >= 0.3 is 0 Å². The van der Waals surface area contributed by atoms with Crippen LogP contribution >= 0.6 is 22.7 Å². The van der Waals surface area contributed by atoms with Crippen molar-refractivity contribution in [1.82, 2.24) is 0 Å². The van der Waals surface area contributed by atoms with Crippen LogP contribution in [0.4, 0.5) is 11.4 Å². The fourth-order valence-corrected chi connectivity index (χ4v) is 8.07. The van der Waals surface area contributed by atoms with Gasteiger partial charge in [0.25, 0.3) is 0 Å². The Morgan fingerprint density at radius 2 is 1.13 bits per heavy atom. The SMILES string of the molecule is c1ccc(-c2cc(Nc3cccc4sc5ccccc5c34)ccc2-c2cccc3c2sc2ccccc23)cc1. The molecule has 0 saturated carbocycles. The van der Waals surface area contributed by atoms with Crippen molar-refractivity contribution in [3.05, 3.63) is 133 Å². The second kappa shape index (κ2) is 9.09.